The Morgan fingerprint density at radius 3 is 2.56 bits per heavy atom. The number of fused-ring (bicyclic) bond motifs is 1. The summed E-state index contributed by atoms with van der Waals surface area (Å²) in [6.45, 7) is 6.95. The molecule has 5 nitrogen and oxygen atoms in total. The van der Waals surface area contributed by atoms with E-state index in [4.69, 9.17) is 9.47 Å². The number of pyridine rings is 1. The van der Waals surface area contributed by atoms with Gasteiger partial charge in [0.2, 0.25) is 0 Å². The molecule has 0 radical (unpaired) electrons. The molecule has 0 spiro atoms. The van der Waals surface area contributed by atoms with Gasteiger partial charge in [-0.1, -0.05) is 6.92 Å². The number of nitrogens with zero attached hydrogens (tertiary/aromatic N) is 1. The fraction of sp³-hybridized carbons (Fsp3) is 0.273. The minimum absolute atomic E-state index is 0.296. The van der Waals surface area contributed by atoms with Gasteiger partial charge in [-0.3, -0.25) is 4.98 Å². The molecule has 140 valence electrons. The van der Waals surface area contributed by atoms with Crippen molar-refractivity contribution in [2.75, 3.05) is 18.5 Å². The predicted octanol–water partition coefficient (Wildman–Crippen LogP) is 5.25. The third-order valence-corrected chi connectivity index (χ3v) is 4.06. The molecule has 1 aromatic heterocycles. The lowest BCUT2D eigenvalue weighted by molar-refractivity contribution is 0.0505. The van der Waals surface area contributed by atoms with Crippen LogP contribution >= 0.6 is 0 Å². The second-order valence-electron chi connectivity index (χ2n) is 6.26. The fourth-order valence-electron chi connectivity index (χ4n) is 2.82. The number of ether oxygens (including phenoxy) is 2. The SMILES string of the molecule is CCCOC(=O)c1ccc(Nc2cc(C)nc3ccc(OCC)cc23)cc1. The first kappa shape index (κ1) is 18.7. The van der Waals surface area contributed by atoms with Crippen LogP contribution in [-0.2, 0) is 4.74 Å². The molecule has 0 aliphatic rings. The van der Waals surface area contributed by atoms with Crippen LogP contribution in [0.15, 0.2) is 48.5 Å². The smallest absolute Gasteiger partial charge is 0.338 e. The molecule has 0 aliphatic heterocycles. The summed E-state index contributed by atoms with van der Waals surface area (Å²) >= 11 is 0. The lowest BCUT2D eigenvalue weighted by atomic mass is 10.1. The molecule has 0 amide bonds. The summed E-state index contributed by atoms with van der Waals surface area (Å²) in [5.41, 5.74) is 4.20. The Morgan fingerprint density at radius 2 is 1.85 bits per heavy atom. The van der Waals surface area contributed by atoms with Crippen molar-refractivity contribution < 1.29 is 14.3 Å². The molecule has 2 aromatic carbocycles. The van der Waals surface area contributed by atoms with Crippen molar-refractivity contribution in [3.8, 4) is 5.75 Å². The molecule has 0 saturated carbocycles. The van der Waals surface area contributed by atoms with E-state index < -0.39 is 0 Å². The molecule has 1 N–H and O–H groups in total. The van der Waals surface area contributed by atoms with Gasteiger partial charge in [-0.05, 0) is 68.8 Å². The molecular formula is C22H24N2O3. The highest BCUT2D eigenvalue weighted by Gasteiger charge is 2.09. The lowest BCUT2D eigenvalue weighted by Gasteiger charge is -2.13. The molecule has 1 heterocycles. The van der Waals surface area contributed by atoms with E-state index in [0.717, 1.165) is 40.1 Å². The number of esters is 1. The summed E-state index contributed by atoms with van der Waals surface area (Å²) in [5, 5.41) is 4.40. The minimum Gasteiger partial charge on any atom is -0.494 e. The summed E-state index contributed by atoms with van der Waals surface area (Å²) in [7, 11) is 0. The van der Waals surface area contributed by atoms with Gasteiger partial charge in [-0.2, -0.15) is 0 Å². The largest absolute Gasteiger partial charge is 0.494 e. The lowest BCUT2D eigenvalue weighted by Crippen LogP contribution is -2.05. The number of hydrogen-bond acceptors (Lipinski definition) is 5. The molecule has 27 heavy (non-hydrogen) atoms. The van der Waals surface area contributed by atoms with Crippen LogP contribution in [0, 0.1) is 6.92 Å². The second kappa shape index (κ2) is 8.54. The molecular weight excluding hydrogens is 340 g/mol. The van der Waals surface area contributed by atoms with Crippen molar-refractivity contribution in [1.29, 1.82) is 0 Å². The molecule has 5 heteroatoms. The summed E-state index contributed by atoms with van der Waals surface area (Å²) < 4.78 is 10.8. The number of benzene rings is 2. The number of aryl methyl sites for hydroxylation is 1. The zero-order chi connectivity index (χ0) is 19.2. The molecule has 3 rings (SSSR count). The monoisotopic (exact) mass is 364 g/mol. The van der Waals surface area contributed by atoms with Crippen molar-refractivity contribution >= 4 is 28.2 Å². The molecule has 0 bridgehead atoms. The third-order valence-electron chi connectivity index (χ3n) is 4.06. The molecule has 3 aromatic rings. The van der Waals surface area contributed by atoms with Gasteiger partial charge in [0, 0.05) is 22.5 Å². The maximum Gasteiger partial charge on any atom is 0.338 e. The maximum absolute atomic E-state index is 11.9. The Kier molecular flexibility index (Phi) is 5.91. The zero-order valence-electron chi connectivity index (χ0n) is 15.9. The Hall–Kier alpha value is -3.08. The summed E-state index contributed by atoms with van der Waals surface area (Å²) in [6, 6.07) is 15.2. The number of nitrogens with one attached hydrogen (secondary N) is 1. The zero-order valence-corrected chi connectivity index (χ0v) is 15.9. The van der Waals surface area contributed by atoms with Crippen molar-refractivity contribution in [3.63, 3.8) is 0 Å². The predicted molar refractivity (Wildman–Crippen MR) is 108 cm³/mol. The van der Waals surface area contributed by atoms with Crippen LogP contribution in [0.4, 0.5) is 11.4 Å². The van der Waals surface area contributed by atoms with Crippen molar-refractivity contribution in [3.05, 3.63) is 59.8 Å². The van der Waals surface area contributed by atoms with E-state index in [-0.39, 0.29) is 5.97 Å². The van der Waals surface area contributed by atoms with E-state index in [2.05, 4.69) is 10.3 Å². The number of carbonyl (C=O) groups excluding carboxylic acids is 1. The van der Waals surface area contributed by atoms with Gasteiger partial charge in [-0.25, -0.2) is 4.79 Å². The van der Waals surface area contributed by atoms with E-state index >= 15 is 0 Å². The van der Waals surface area contributed by atoms with Crippen LogP contribution in [0.3, 0.4) is 0 Å². The number of rotatable bonds is 7. The van der Waals surface area contributed by atoms with Gasteiger partial charge in [-0.15, -0.1) is 0 Å². The number of aromatic nitrogens is 1. The van der Waals surface area contributed by atoms with Gasteiger partial charge in [0.05, 0.1) is 24.3 Å². The molecule has 0 unspecified atom stereocenters. The first-order valence-corrected chi connectivity index (χ1v) is 9.19. The average molecular weight is 364 g/mol. The van der Waals surface area contributed by atoms with E-state index in [1.54, 1.807) is 12.1 Å². The van der Waals surface area contributed by atoms with Gasteiger partial charge >= 0.3 is 5.97 Å². The Balaban J connectivity index is 1.87. The van der Waals surface area contributed by atoms with Crippen LogP contribution in [0.2, 0.25) is 0 Å². The highest BCUT2D eigenvalue weighted by molar-refractivity contribution is 5.94. The van der Waals surface area contributed by atoms with Crippen LogP contribution in [0.5, 0.6) is 5.75 Å². The first-order valence-electron chi connectivity index (χ1n) is 9.19. The standard InChI is InChI=1S/C22H24N2O3/c1-4-12-27-22(25)16-6-8-17(9-7-16)24-21-13-15(3)23-20-11-10-18(26-5-2)14-19(20)21/h6-11,13-14H,4-5,12H2,1-3H3,(H,23,24). The van der Waals surface area contributed by atoms with E-state index in [1.807, 2.05) is 57.2 Å². The average Bonchev–Trinajstić information content (AvgIpc) is 2.67. The van der Waals surface area contributed by atoms with Crippen molar-refractivity contribution in [2.24, 2.45) is 0 Å². The highest BCUT2D eigenvalue weighted by Crippen LogP contribution is 2.29. The highest BCUT2D eigenvalue weighted by atomic mass is 16.5. The number of anilines is 2. The number of hydrogen-bond donors (Lipinski definition) is 1. The Labute approximate surface area is 159 Å². The normalized spacial score (nSPS) is 10.6. The Morgan fingerprint density at radius 1 is 1.07 bits per heavy atom. The second-order valence-corrected chi connectivity index (χ2v) is 6.26. The topological polar surface area (TPSA) is 60.5 Å². The quantitative estimate of drug-likeness (QED) is 0.580. The van der Waals surface area contributed by atoms with Gasteiger partial charge in [0.15, 0.2) is 0 Å². The Bertz CT molecular complexity index is 936. The molecule has 0 aliphatic carbocycles. The van der Waals surface area contributed by atoms with Gasteiger partial charge in [0.25, 0.3) is 0 Å². The third kappa shape index (κ3) is 4.56. The fourth-order valence-corrected chi connectivity index (χ4v) is 2.82. The van der Waals surface area contributed by atoms with E-state index in [9.17, 15) is 4.79 Å². The number of carbonyl (C=O) groups is 1. The van der Waals surface area contributed by atoms with Crippen LogP contribution < -0.4 is 10.1 Å². The molecule has 0 atom stereocenters. The van der Waals surface area contributed by atoms with Crippen molar-refractivity contribution in [1.82, 2.24) is 4.98 Å². The van der Waals surface area contributed by atoms with Gasteiger partial charge in [0.1, 0.15) is 5.75 Å². The summed E-state index contributed by atoms with van der Waals surface area (Å²) in [4.78, 5) is 16.5. The molecule has 0 saturated heterocycles. The maximum atomic E-state index is 11.9. The van der Waals surface area contributed by atoms with Crippen LogP contribution in [0.1, 0.15) is 36.3 Å². The molecule has 0 fully saturated rings. The summed E-state index contributed by atoms with van der Waals surface area (Å²) in [5.74, 6) is 0.516. The van der Waals surface area contributed by atoms with E-state index in [1.165, 1.54) is 0 Å². The van der Waals surface area contributed by atoms with Gasteiger partial charge < -0.3 is 14.8 Å². The minimum atomic E-state index is -0.296. The van der Waals surface area contributed by atoms with Crippen LogP contribution in [0.25, 0.3) is 10.9 Å². The first-order chi connectivity index (χ1) is 13.1. The van der Waals surface area contributed by atoms with E-state index in [0.29, 0.717) is 18.8 Å². The van der Waals surface area contributed by atoms with Crippen molar-refractivity contribution in [2.45, 2.75) is 27.2 Å². The summed E-state index contributed by atoms with van der Waals surface area (Å²) in [6.07, 6.45) is 0.809. The van der Waals surface area contributed by atoms with Crippen LogP contribution in [-0.4, -0.2) is 24.2 Å².